The number of amides is 2. The van der Waals surface area contributed by atoms with Gasteiger partial charge in [0.2, 0.25) is 5.91 Å². The standard InChI is InChI=1S/C18H26N4O2/c1-14-4-3-5-16(15(14)2)20-17(23)12-19-18(24)13-22-9-6-21(7-10-22)8-11-22/h3-5H,6-13H2,1-2H3,(H-,19,20,23,24)/p+1. The maximum Gasteiger partial charge on any atom is 0.275 e. The molecular weight excluding hydrogens is 304 g/mol. The number of carbonyl (C=O) groups is 2. The Labute approximate surface area is 143 Å². The first-order chi connectivity index (χ1) is 11.5. The van der Waals surface area contributed by atoms with E-state index in [4.69, 9.17) is 0 Å². The lowest BCUT2D eigenvalue weighted by Crippen LogP contribution is -2.69. The molecule has 4 rings (SSSR count). The van der Waals surface area contributed by atoms with Gasteiger partial charge in [0.05, 0.1) is 26.2 Å². The van der Waals surface area contributed by atoms with Crippen molar-refractivity contribution >= 4 is 17.5 Å². The van der Waals surface area contributed by atoms with Crippen LogP contribution < -0.4 is 10.6 Å². The number of piperazine rings is 3. The third-order valence-corrected chi connectivity index (χ3v) is 5.48. The SMILES string of the molecule is Cc1cccc(NC(=O)CNC(=O)C[N+]23CCN(CC2)CC3)c1C. The molecule has 1 aromatic rings. The van der Waals surface area contributed by atoms with E-state index < -0.39 is 0 Å². The van der Waals surface area contributed by atoms with Crippen molar-refractivity contribution in [2.75, 3.05) is 57.7 Å². The number of quaternary nitrogens is 1. The summed E-state index contributed by atoms with van der Waals surface area (Å²) in [7, 11) is 0. The van der Waals surface area contributed by atoms with E-state index in [-0.39, 0.29) is 18.4 Å². The molecule has 0 spiro atoms. The fourth-order valence-electron chi connectivity index (χ4n) is 3.59. The van der Waals surface area contributed by atoms with Crippen molar-refractivity contribution in [1.29, 1.82) is 0 Å². The van der Waals surface area contributed by atoms with Gasteiger partial charge in [-0.15, -0.1) is 0 Å². The molecule has 0 aromatic heterocycles. The number of rotatable bonds is 5. The van der Waals surface area contributed by atoms with Gasteiger partial charge in [-0.1, -0.05) is 12.1 Å². The summed E-state index contributed by atoms with van der Waals surface area (Å²) in [6.45, 7) is 10.9. The molecule has 0 aliphatic carbocycles. The fourth-order valence-corrected chi connectivity index (χ4v) is 3.59. The van der Waals surface area contributed by atoms with Crippen molar-refractivity contribution in [3.05, 3.63) is 29.3 Å². The molecule has 6 nitrogen and oxygen atoms in total. The van der Waals surface area contributed by atoms with Gasteiger partial charge in [-0.2, -0.15) is 0 Å². The molecule has 6 heteroatoms. The number of hydrogen-bond donors (Lipinski definition) is 2. The number of anilines is 1. The third-order valence-electron chi connectivity index (χ3n) is 5.48. The van der Waals surface area contributed by atoms with Gasteiger partial charge in [0.1, 0.15) is 0 Å². The zero-order chi connectivity index (χ0) is 17.2. The molecule has 1 aromatic carbocycles. The lowest BCUT2D eigenvalue weighted by molar-refractivity contribution is -0.933. The lowest BCUT2D eigenvalue weighted by Gasteiger charge is -2.50. The Morgan fingerprint density at radius 1 is 1.08 bits per heavy atom. The molecule has 3 heterocycles. The predicted molar refractivity (Wildman–Crippen MR) is 93.7 cm³/mol. The molecule has 3 aliphatic rings. The Morgan fingerprint density at radius 2 is 1.75 bits per heavy atom. The van der Waals surface area contributed by atoms with Crippen LogP contribution in [0.1, 0.15) is 11.1 Å². The van der Waals surface area contributed by atoms with Crippen LogP contribution in [0, 0.1) is 13.8 Å². The summed E-state index contributed by atoms with van der Waals surface area (Å²) >= 11 is 0. The van der Waals surface area contributed by atoms with E-state index in [2.05, 4.69) is 15.5 Å². The fraction of sp³-hybridized carbons (Fsp3) is 0.556. The van der Waals surface area contributed by atoms with E-state index in [1.807, 2.05) is 32.0 Å². The van der Waals surface area contributed by atoms with E-state index in [1.54, 1.807) is 0 Å². The molecule has 0 saturated carbocycles. The molecule has 130 valence electrons. The molecule has 3 fully saturated rings. The normalized spacial score (nSPS) is 25.3. The highest BCUT2D eigenvalue weighted by atomic mass is 16.2. The number of hydrogen-bond acceptors (Lipinski definition) is 3. The molecule has 2 N–H and O–H groups in total. The highest BCUT2D eigenvalue weighted by Crippen LogP contribution is 2.19. The van der Waals surface area contributed by atoms with E-state index in [0.717, 1.165) is 60.6 Å². The van der Waals surface area contributed by atoms with Crippen molar-refractivity contribution in [2.45, 2.75) is 13.8 Å². The minimum Gasteiger partial charge on any atom is -0.342 e. The number of carbonyl (C=O) groups excluding carboxylic acids is 2. The van der Waals surface area contributed by atoms with Gasteiger partial charge in [0.25, 0.3) is 5.91 Å². The van der Waals surface area contributed by atoms with Crippen LogP contribution >= 0.6 is 0 Å². The van der Waals surface area contributed by atoms with E-state index in [1.165, 1.54) is 0 Å². The maximum absolute atomic E-state index is 12.3. The zero-order valence-corrected chi connectivity index (χ0v) is 14.6. The lowest BCUT2D eigenvalue weighted by atomic mass is 10.1. The van der Waals surface area contributed by atoms with Crippen molar-refractivity contribution in [2.24, 2.45) is 0 Å². The van der Waals surface area contributed by atoms with Crippen LogP contribution in [0.3, 0.4) is 0 Å². The van der Waals surface area contributed by atoms with E-state index in [0.29, 0.717) is 6.54 Å². The van der Waals surface area contributed by atoms with Crippen LogP contribution in [0.25, 0.3) is 0 Å². The largest absolute Gasteiger partial charge is 0.342 e. The minimum absolute atomic E-state index is 0.0261. The monoisotopic (exact) mass is 331 g/mol. The Bertz CT molecular complexity index is 622. The smallest absolute Gasteiger partial charge is 0.275 e. The van der Waals surface area contributed by atoms with Crippen molar-refractivity contribution in [1.82, 2.24) is 10.2 Å². The first kappa shape index (κ1) is 16.9. The third kappa shape index (κ3) is 3.76. The second-order valence-electron chi connectivity index (χ2n) is 7.08. The van der Waals surface area contributed by atoms with Crippen LogP contribution in [0.4, 0.5) is 5.69 Å². The summed E-state index contributed by atoms with van der Waals surface area (Å²) in [6.07, 6.45) is 0. The van der Waals surface area contributed by atoms with Gasteiger partial charge in [-0.25, -0.2) is 0 Å². The van der Waals surface area contributed by atoms with Crippen LogP contribution in [-0.2, 0) is 9.59 Å². The summed E-state index contributed by atoms with van der Waals surface area (Å²) in [5.41, 5.74) is 3.00. The van der Waals surface area contributed by atoms with Gasteiger partial charge in [0, 0.05) is 25.3 Å². The van der Waals surface area contributed by atoms with Crippen LogP contribution in [0.5, 0.6) is 0 Å². The Hall–Kier alpha value is -1.92. The molecule has 24 heavy (non-hydrogen) atoms. The van der Waals surface area contributed by atoms with Crippen molar-refractivity contribution in [3.63, 3.8) is 0 Å². The van der Waals surface area contributed by atoms with E-state index in [9.17, 15) is 9.59 Å². The second kappa shape index (κ2) is 6.91. The number of nitrogens with zero attached hydrogens (tertiary/aromatic N) is 2. The zero-order valence-electron chi connectivity index (χ0n) is 14.6. The number of aryl methyl sites for hydroxylation is 1. The maximum atomic E-state index is 12.3. The molecular formula is C18H27N4O2+. The summed E-state index contributed by atoms with van der Waals surface area (Å²) in [5, 5.41) is 5.66. The van der Waals surface area contributed by atoms with Crippen molar-refractivity contribution < 1.29 is 14.1 Å². The summed E-state index contributed by atoms with van der Waals surface area (Å²) < 4.78 is 0.876. The number of benzene rings is 1. The minimum atomic E-state index is -0.180. The molecule has 3 aliphatic heterocycles. The number of nitrogens with one attached hydrogen (secondary N) is 2. The highest BCUT2D eigenvalue weighted by Gasteiger charge is 2.39. The number of fused-ring (bicyclic) bond motifs is 3. The Balaban J connectivity index is 1.47. The first-order valence-electron chi connectivity index (χ1n) is 8.68. The van der Waals surface area contributed by atoms with Crippen molar-refractivity contribution in [3.8, 4) is 0 Å². The average molecular weight is 331 g/mol. The van der Waals surface area contributed by atoms with Gasteiger partial charge in [-0.3, -0.25) is 14.5 Å². The quantitative estimate of drug-likeness (QED) is 0.773. The molecule has 0 atom stereocenters. The van der Waals surface area contributed by atoms with Crippen LogP contribution in [0.15, 0.2) is 18.2 Å². The summed E-state index contributed by atoms with van der Waals surface area (Å²) in [5.74, 6) is -0.207. The molecule has 2 bridgehead atoms. The van der Waals surface area contributed by atoms with Gasteiger partial charge >= 0.3 is 0 Å². The Kier molecular flexibility index (Phi) is 4.87. The van der Waals surface area contributed by atoms with E-state index >= 15 is 0 Å². The predicted octanol–water partition coefficient (Wildman–Crippen LogP) is 0.504. The van der Waals surface area contributed by atoms with Crippen LogP contribution in [-0.4, -0.2) is 73.6 Å². The van der Waals surface area contributed by atoms with Gasteiger partial charge in [-0.05, 0) is 31.0 Å². The second-order valence-corrected chi connectivity index (χ2v) is 7.08. The molecule has 0 unspecified atom stereocenters. The summed E-state index contributed by atoms with van der Waals surface area (Å²) in [4.78, 5) is 26.8. The highest BCUT2D eigenvalue weighted by molar-refractivity contribution is 5.95. The molecule has 2 amide bonds. The topological polar surface area (TPSA) is 61.4 Å². The van der Waals surface area contributed by atoms with Crippen LogP contribution in [0.2, 0.25) is 0 Å². The van der Waals surface area contributed by atoms with Gasteiger partial charge < -0.3 is 15.1 Å². The molecule has 3 saturated heterocycles. The van der Waals surface area contributed by atoms with Gasteiger partial charge in [0.15, 0.2) is 6.54 Å². The molecule has 0 radical (unpaired) electrons. The first-order valence-corrected chi connectivity index (χ1v) is 8.68. The average Bonchev–Trinajstić information content (AvgIpc) is 2.58. The Morgan fingerprint density at radius 3 is 2.42 bits per heavy atom. The summed E-state index contributed by atoms with van der Waals surface area (Å²) in [6, 6.07) is 5.82.